The number of nitrogens with one attached hydrogen (secondary N) is 1. The van der Waals surface area contributed by atoms with Gasteiger partial charge in [-0.1, -0.05) is 36.0 Å². The Balaban J connectivity index is 1.44. The summed E-state index contributed by atoms with van der Waals surface area (Å²) in [4.78, 5) is 40.8. The summed E-state index contributed by atoms with van der Waals surface area (Å²) in [6.07, 6.45) is 2.20. The Morgan fingerprint density at radius 2 is 1.94 bits per heavy atom. The van der Waals surface area contributed by atoms with E-state index in [9.17, 15) is 14.4 Å². The molecule has 1 fully saturated rings. The third-order valence-electron chi connectivity index (χ3n) is 5.33. The number of nitrogens with two attached hydrogens (primary N) is 1. The number of hydrogen-bond donors (Lipinski definition) is 2. The lowest BCUT2D eigenvalue weighted by atomic mass is 10.2. The van der Waals surface area contributed by atoms with Crippen LogP contribution in [0.5, 0.6) is 0 Å². The number of carbonyl (C=O) groups excluding carboxylic acids is 1. The Morgan fingerprint density at radius 1 is 1.15 bits per heavy atom. The Bertz CT molecular complexity index is 1420. The number of H-pyrrole nitrogens is 1. The van der Waals surface area contributed by atoms with Crippen molar-refractivity contribution in [2.24, 2.45) is 0 Å². The highest BCUT2D eigenvalue weighted by atomic mass is 32.2. The summed E-state index contributed by atoms with van der Waals surface area (Å²) in [6.45, 7) is 0. The minimum atomic E-state index is -0.761. The summed E-state index contributed by atoms with van der Waals surface area (Å²) >= 11 is 2.81. The SMILES string of the molecule is Nc1c(C(=O)CSc2nnc(Cc3cccs3)n2-c2ccccc2)c(=O)[nH]c(=O)n1C1CC1. The van der Waals surface area contributed by atoms with Crippen molar-refractivity contribution in [2.45, 2.75) is 30.5 Å². The maximum atomic E-state index is 13.0. The lowest BCUT2D eigenvalue weighted by Gasteiger charge is -2.12. The van der Waals surface area contributed by atoms with E-state index < -0.39 is 17.0 Å². The number of thioether (sulfide) groups is 1. The molecule has 1 saturated carbocycles. The lowest BCUT2D eigenvalue weighted by Crippen LogP contribution is -2.36. The number of anilines is 1. The number of rotatable bonds is 8. The van der Waals surface area contributed by atoms with Crippen molar-refractivity contribution >= 4 is 34.7 Å². The van der Waals surface area contributed by atoms with Gasteiger partial charge in [0, 0.05) is 23.0 Å². The molecule has 0 spiro atoms. The largest absolute Gasteiger partial charge is 0.384 e. The summed E-state index contributed by atoms with van der Waals surface area (Å²) in [5.74, 6) is 0.147. The summed E-state index contributed by atoms with van der Waals surface area (Å²) in [6, 6.07) is 13.6. The highest BCUT2D eigenvalue weighted by molar-refractivity contribution is 7.99. The van der Waals surface area contributed by atoms with Crippen molar-refractivity contribution < 1.29 is 4.79 Å². The molecule has 3 heterocycles. The molecular formula is C22H20N6O3S2. The van der Waals surface area contributed by atoms with E-state index in [1.807, 2.05) is 52.4 Å². The Kier molecular flexibility index (Phi) is 5.73. The molecule has 33 heavy (non-hydrogen) atoms. The number of Topliss-reactive ketones (excluding diaryl/α,β-unsaturated/α-hetero) is 1. The van der Waals surface area contributed by atoms with E-state index in [0.29, 0.717) is 11.6 Å². The number of hydrogen-bond acceptors (Lipinski definition) is 8. The first-order valence-electron chi connectivity index (χ1n) is 10.4. The molecule has 5 rings (SSSR count). The second kappa shape index (κ2) is 8.83. The molecule has 1 aromatic carbocycles. The van der Waals surface area contributed by atoms with Crippen LogP contribution in [-0.4, -0.2) is 35.9 Å². The Hall–Kier alpha value is -3.44. The number of benzene rings is 1. The van der Waals surface area contributed by atoms with Crippen LogP contribution in [0.2, 0.25) is 0 Å². The molecule has 4 aromatic rings. The van der Waals surface area contributed by atoms with Gasteiger partial charge in [0.2, 0.25) is 0 Å². The third kappa shape index (κ3) is 4.29. The van der Waals surface area contributed by atoms with Gasteiger partial charge in [-0.05, 0) is 36.4 Å². The van der Waals surface area contributed by atoms with Crippen molar-refractivity contribution in [1.29, 1.82) is 0 Å². The fourth-order valence-corrected chi connectivity index (χ4v) is 5.19. The van der Waals surface area contributed by atoms with E-state index in [-0.39, 0.29) is 23.2 Å². The average Bonchev–Trinajstić information content (AvgIpc) is 3.33. The third-order valence-corrected chi connectivity index (χ3v) is 7.14. The number of thiophene rings is 1. The quantitative estimate of drug-likeness (QED) is 0.293. The molecule has 0 bridgehead atoms. The molecular weight excluding hydrogens is 460 g/mol. The molecule has 11 heteroatoms. The highest BCUT2D eigenvalue weighted by Crippen LogP contribution is 2.35. The number of carbonyl (C=O) groups is 1. The van der Waals surface area contributed by atoms with Crippen LogP contribution in [0.1, 0.15) is 39.9 Å². The molecule has 0 radical (unpaired) electrons. The molecule has 1 aliphatic carbocycles. The summed E-state index contributed by atoms with van der Waals surface area (Å²) in [5, 5.41) is 11.2. The van der Waals surface area contributed by atoms with Gasteiger partial charge in [-0.15, -0.1) is 21.5 Å². The van der Waals surface area contributed by atoms with Crippen molar-refractivity contribution in [3.05, 3.63) is 84.9 Å². The van der Waals surface area contributed by atoms with Crippen LogP contribution in [0.3, 0.4) is 0 Å². The number of ketones is 1. The van der Waals surface area contributed by atoms with Crippen LogP contribution in [-0.2, 0) is 6.42 Å². The highest BCUT2D eigenvalue weighted by Gasteiger charge is 2.30. The standard InChI is InChI=1S/C22H20N6O3S2/c23-19-18(20(30)24-21(31)28(19)14-8-9-14)16(29)12-33-22-26-25-17(11-15-7-4-10-32-15)27(22)13-5-2-1-3-6-13/h1-7,10,14H,8-9,11-12,23H2,(H,24,30,31). The summed E-state index contributed by atoms with van der Waals surface area (Å²) in [7, 11) is 0. The van der Waals surface area contributed by atoms with Gasteiger partial charge in [0.1, 0.15) is 17.2 Å². The zero-order valence-electron chi connectivity index (χ0n) is 17.4. The van der Waals surface area contributed by atoms with Crippen LogP contribution in [0.15, 0.2) is 62.6 Å². The van der Waals surface area contributed by atoms with Gasteiger partial charge in [0.25, 0.3) is 5.56 Å². The number of nitrogens with zero attached hydrogens (tertiary/aromatic N) is 4. The van der Waals surface area contributed by atoms with Gasteiger partial charge in [-0.3, -0.25) is 23.7 Å². The predicted octanol–water partition coefficient (Wildman–Crippen LogP) is 2.66. The second-order valence-corrected chi connectivity index (χ2v) is 9.63. The zero-order valence-corrected chi connectivity index (χ0v) is 19.1. The van der Waals surface area contributed by atoms with Crippen LogP contribution in [0.4, 0.5) is 5.82 Å². The fourth-order valence-electron chi connectivity index (χ4n) is 3.65. The first kappa shape index (κ1) is 21.4. The molecule has 0 unspecified atom stereocenters. The van der Waals surface area contributed by atoms with Crippen molar-refractivity contribution in [3.8, 4) is 5.69 Å². The Morgan fingerprint density at radius 3 is 2.64 bits per heavy atom. The maximum Gasteiger partial charge on any atom is 0.330 e. The van der Waals surface area contributed by atoms with E-state index >= 15 is 0 Å². The molecule has 0 saturated heterocycles. The molecule has 168 valence electrons. The number of aromatic nitrogens is 5. The summed E-state index contributed by atoms with van der Waals surface area (Å²) in [5.41, 5.74) is 5.44. The van der Waals surface area contributed by atoms with Crippen molar-refractivity contribution in [3.63, 3.8) is 0 Å². The molecule has 0 atom stereocenters. The van der Waals surface area contributed by atoms with Gasteiger partial charge in [0.05, 0.1) is 5.75 Å². The van der Waals surface area contributed by atoms with Crippen LogP contribution < -0.4 is 17.0 Å². The van der Waals surface area contributed by atoms with Crippen molar-refractivity contribution in [1.82, 2.24) is 24.3 Å². The zero-order chi connectivity index (χ0) is 22.9. The molecule has 3 aromatic heterocycles. The average molecular weight is 481 g/mol. The first-order valence-corrected chi connectivity index (χ1v) is 12.2. The van der Waals surface area contributed by atoms with Crippen molar-refractivity contribution in [2.75, 3.05) is 11.5 Å². The van der Waals surface area contributed by atoms with E-state index in [2.05, 4.69) is 15.2 Å². The molecule has 0 amide bonds. The smallest absolute Gasteiger partial charge is 0.330 e. The monoisotopic (exact) mass is 480 g/mol. The second-order valence-electron chi connectivity index (χ2n) is 7.66. The molecule has 9 nitrogen and oxygen atoms in total. The number of para-hydroxylation sites is 1. The number of nitrogen functional groups attached to an aromatic ring is 1. The fraction of sp³-hybridized carbons (Fsp3) is 0.227. The van der Waals surface area contributed by atoms with Gasteiger partial charge >= 0.3 is 5.69 Å². The normalized spacial score (nSPS) is 13.3. The number of aromatic amines is 1. The first-order chi connectivity index (χ1) is 16.0. The predicted molar refractivity (Wildman–Crippen MR) is 128 cm³/mol. The van der Waals surface area contributed by atoms with Gasteiger partial charge in [-0.2, -0.15) is 0 Å². The van der Waals surface area contributed by atoms with Crippen LogP contribution in [0, 0.1) is 0 Å². The maximum absolute atomic E-state index is 13.0. The molecule has 3 N–H and O–H groups in total. The van der Waals surface area contributed by atoms with E-state index in [0.717, 1.165) is 29.2 Å². The Labute approximate surface area is 196 Å². The topological polar surface area (TPSA) is 129 Å². The lowest BCUT2D eigenvalue weighted by molar-refractivity contribution is 0.102. The van der Waals surface area contributed by atoms with E-state index in [1.165, 1.54) is 16.3 Å². The molecule has 1 aliphatic rings. The minimum absolute atomic E-state index is 0.0606. The van der Waals surface area contributed by atoms with Gasteiger partial charge < -0.3 is 5.73 Å². The van der Waals surface area contributed by atoms with Crippen LogP contribution in [0.25, 0.3) is 5.69 Å². The van der Waals surface area contributed by atoms with Crippen LogP contribution >= 0.6 is 23.1 Å². The van der Waals surface area contributed by atoms with E-state index in [4.69, 9.17) is 5.73 Å². The summed E-state index contributed by atoms with van der Waals surface area (Å²) < 4.78 is 3.22. The van der Waals surface area contributed by atoms with Gasteiger partial charge in [-0.25, -0.2) is 4.79 Å². The van der Waals surface area contributed by atoms with E-state index in [1.54, 1.807) is 11.3 Å². The minimum Gasteiger partial charge on any atom is -0.384 e. The molecule has 0 aliphatic heterocycles. The van der Waals surface area contributed by atoms with Gasteiger partial charge in [0.15, 0.2) is 10.9 Å².